The quantitative estimate of drug-likeness (QED) is 0.379. The van der Waals surface area contributed by atoms with Crippen molar-refractivity contribution in [2.24, 2.45) is 5.84 Å². The lowest BCUT2D eigenvalue weighted by molar-refractivity contribution is -0.119. The zero-order chi connectivity index (χ0) is 18.8. The highest BCUT2D eigenvalue weighted by Gasteiger charge is 2.14. The largest absolute Gasteiger partial charge is 0.388 e. The maximum atomic E-state index is 13.8. The molecule has 0 radical (unpaired) electrons. The van der Waals surface area contributed by atoms with Crippen LogP contribution in [0.2, 0.25) is 0 Å². The number of hydrazine groups is 2. The summed E-state index contributed by atoms with van der Waals surface area (Å²) < 4.78 is 13.8. The number of thioether (sulfide) groups is 1. The van der Waals surface area contributed by atoms with Gasteiger partial charge in [-0.1, -0.05) is 29.3 Å². The minimum absolute atomic E-state index is 0.207. The molecule has 0 spiro atoms. The molecule has 25 heavy (non-hydrogen) atoms. The molecule has 5 nitrogen and oxygen atoms in total. The molecule has 0 bridgehead atoms. The van der Waals surface area contributed by atoms with Crippen molar-refractivity contribution in [1.29, 1.82) is 0 Å². The van der Waals surface area contributed by atoms with Crippen molar-refractivity contribution >= 4 is 47.1 Å². The van der Waals surface area contributed by atoms with E-state index in [1.165, 1.54) is 24.9 Å². The number of amides is 1. The number of carbonyl (C=O) groups is 1. The van der Waals surface area contributed by atoms with Crippen LogP contribution < -0.4 is 16.7 Å². The van der Waals surface area contributed by atoms with Gasteiger partial charge >= 0.3 is 0 Å². The lowest BCUT2D eigenvalue weighted by atomic mass is 10.2. The summed E-state index contributed by atoms with van der Waals surface area (Å²) in [6.45, 7) is 0. The van der Waals surface area contributed by atoms with Gasteiger partial charge in [0.25, 0.3) is 0 Å². The predicted octanol–water partition coefficient (Wildman–Crippen LogP) is 3.92. The van der Waals surface area contributed by atoms with Crippen LogP contribution >= 0.6 is 35.0 Å². The number of nitrogens with two attached hydrogens (primary N) is 1. The fourth-order valence-corrected chi connectivity index (χ4v) is 3.54. The molecular weight excluding hydrogens is 386 g/mol. The van der Waals surface area contributed by atoms with Gasteiger partial charge in [0.1, 0.15) is 5.82 Å². The zero-order valence-corrected chi connectivity index (χ0v) is 16.3. The summed E-state index contributed by atoms with van der Waals surface area (Å²) in [5, 5.41) is 5.70. The molecule has 1 amide bonds. The Bertz CT molecular complexity index is 655. The third kappa shape index (κ3) is 7.25. The van der Waals surface area contributed by atoms with Gasteiger partial charge in [-0.3, -0.25) is 15.6 Å². The van der Waals surface area contributed by atoms with E-state index in [9.17, 15) is 9.18 Å². The van der Waals surface area contributed by atoms with Crippen LogP contribution in [0.1, 0.15) is 18.4 Å². The first kappa shape index (κ1) is 21.8. The molecule has 1 aliphatic carbocycles. The lowest BCUT2D eigenvalue weighted by Gasteiger charge is -2.14. The molecule has 0 saturated heterocycles. The van der Waals surface area contributed by atoms with Crippen molar-refractivity contribution < 1.29 is 9.18 Å². The van der Waals surface area contributed by atoms with E-state index in [2.05, 4.69) is 10.9 Å². The van der Waals surface area contributed by atoms with Gasteiger partial charge in [-0.2, -0.15) is 5.53 Å². The second kappa shape index (κ2) is 11.4. The number of hydrogen-bond acceptors (Lipinski definition) is 5. The molecule has 0 heterocycles. The Kier molecular flexibility index (Phi) is 9.92. The first-order valence-electron chi connectivity index (χ1n) is 7.40. The number of allylic oxidation sites excluding steroid dienone is 3. The molecule has 2 rings (SSSR count). The third-order valence-electron chi connectivity index (χ3n) is 3.26. The second-order valence-corrected chi connectivity index (χ2v) is 6.97. The number of anilines is 1. The normalized spacial score (nSPS) is 13.6. The topological polar surface area (TPSA) is 70.4 Å². The smallest absolute Gasteiger partial charge is 0.224 e. The van der Waals surface area contributed by atoms with E-state index in [0.29, 0.717) is 17.7 Å². The Morgan fingerprint density at radius 3 is 2.68 bits per heavy atom. The summed E-state index contributed by atoms with van der Waals surface area (Å²) in [5.74, 6) is 5.04. The molecule has 4 N–H and O–H groups in total. The first-order valence-corrected chi connectivity index (χ1v) is 9.14. The van der Waals surface area contributed by atoms with Crippen molar-refractivity contribution in [2.45, 2.75) is 18.6 Å². The first-order chi connectivity index (χ1) is 11.9. The molecule has 1 aromatic rings. The van der Waals surface area contributed by atoms with Crippen LogP contribution in [-0.4, -0.2) is 25.5 Å². The summed E-state index contributed by atoms with van der Waals surface area (Å²) in [5.41, 5.74) is 3.54. The number of carbonyl (C=O) groups excluding carboxylic acids is 1. The van der Waals surface area contributed by atoms with Crippen molar-refractivity contribution in [3.8, 4) is 0 Å². The number of halogens is 3. The molecule has 9 heteroatoms. The van der Waals surface area contributed by atoms with Crippen LogP contribution in [0, 0.1) is 5.82 Å². The number of benzene rings is 1. The number of hydrogen-bond donors (Lipinski definition) is 3. The van der Waals surface area contributed by atoms with Crippen LogP contribution in [0.15, 0.2) is 39.2 Å². The molecule has 0 unspecified atom stereocenters. The Hall–Kier alpha value is -1.25. The lowest BCUT2D eigenvalue weighted by Crippen LogP contribution is -2.38. The average Bonchev–Trinajstić information content (AvgIpc) is 2.62. The molecule has 138 valence electrons. The van der Waals surface area contributed by atoms with Gasteiger partial charge in [0, 0.05) is 46.1 Å². The Morgan fingerprint density at radius 1 is 1.40 bits per heavy atom. The summed E-state index contributed by atoms with van der Waals surface area (Å²) in [7, 11) is 3.29. The summed E-state index contributed by atoms with van der Waals surface area (Å²) in [6, 6.07) is 5.02. The molecule has 1 aliphatic rings. The third-order valence-corrected chi connectivity index (χ3v) is 5.17. The number of rotatable bonds is 6. The van der Waals surface area contributed by atoms with Crippen molar-refractivity contribution in [2.75, 3.05) is 19.4 Å². The number of nitrogens with zero attached hydrogens (tertiary/aromatic N) is 1. The molecule has 0 saturated carbocycles. The van der Waals surface area contributed by atoms with E-state index >= 15 is 0 Å². The zero-order valence-electron chi connectivity index (χ0n) is 14.0. The number of nitrogens with one attached hydrogen (secondary N) is 2. The van der Waals surface area contributed by atoms with Crippen LogP contribution in [0.25, 0.3) is 0 Å². The minimum atomic E-state index is -0.207. The van der Waals surface area contributed by atoms with Gasteiger partial charge < -0.3 is 5.32 Å². The van der Waals surface area contributed by atoms with Gasteiger partial charge in [0.15, 0.2) is 0 Å². The molecule has 0 aliphatic heterocycles. The van der Waals surface area contributed by atoms with Crippen molar-refractivity contribution in [3.63, 3.8) is 0 Å². The van der Waals surface area contributed by atoms with Crippen LogP contribution in [0.5, 0.6) is 0 Å². The summed E-state index contributed by atoms with van der Waals surface area (Å²) in [6.07, 6.45) is 3.99. The van der Waals surface area contributed by atoms with Crippen molar-refractivity contribution in [1.82, 2.24) is 10.5 Å². The van der Waals surface area contributed by atoms with Crippen molar-refractivity contribution in [3.05, 3.63) is 50.6 Å². The minimum Gasteiger partial charge on any atom is -0.388 e. The molecule has 1 aromatic carbocycles. The predicted molar refractivity (Wildman–Crippen MR) is 104 cm³/mol. The van der Waals surface area contributed by atoms with Crippen LogP contribution in [0.3, 0.4) is 0 Å². The van der Waals surface area contributed by atoms with Gasteiger partial charge in [0.2, 0.25) is 6.41 Å². The Morgan fingerprint density at radius 2 is 2.12 bits per heavy atom. The summed E-state index contributed by atoms with van der Waals surface area (Å²) >= 11 is 13.7. The molecular formula is C16H21Cl2FN4OS. The van der Waals surface area contributed by atoms with E-state index in [1.807, 2.05) is 12.1 Å². The van der Waals surface area contributed by atoms with Crippen LogP contribution in [0.4, 0.5) is 10.1 Å². The van der Waals surface area contributed by atoms with Gasteiger partial charge in [-0.15, -0.1) is 11.8 Å². The molecule has 0 aromatic heterocycles. The highest BCUT2D eigenvalue weighted by molar-refractivity contribution is 8.02. The highest BCUT2D eigenvalue weighted by atomic mass is 35.5. The SMILES string of the molecule is CN(C=O)NN.CNc1cccc(F)c1CSC1=C(Cl)CCC(Cl)=C1. The fourth-order valence-electron chi connectivity index (χ4n) is 1.88. The van der Waals surface area contributed by atoms with E-state index < -0.39 is 0 Å². The molecule has 0 atom stereocenters. The fraction of sp³-hybridized carbons (Fsp3) is 0.312. The Labute approximate surface area is 161 Å². The van der Waals surface area contributed by atoms with E-state index in [0.717, 1.165) is 38.5 Å². The van der Waals surface area contributed by atoms with E-state index in [1.54, 1.807) is 13.1 Å². The standard InChI is InChI=1S/C14H14Cl2FNS.C2H7N3O/c1-18-13-4-2-3-12(17)10(13)8-19-14-7-9(15)5-6-11(14)16;1-5(2-6)4-3/h2-4,7,18H,5-6,8H2,1H3;2,4H,3H2,1H3. The van der Waals surface area contributed by atoms with Crippen LogP contribution in [-0.2, 0) is 10.5 Å². The maximum absolute atomic E-state index is 13.8. The van der Waals surface area contributed by atoms with E-state index in [4.69, 9.17) is 29.0 Å². The highest BCUT2D eigenvalue weighted by Crippen LogP contribution is 2.37. The monoisotopic (exact) mass is 406 g/mol. The van der Waals surface area contributed by atoms with E-state index in [-0.39, 0.29) is 5.82 Å². The summed E-state index contributed by atoms with van der Waals surface area (Å²) in [4.78, 5) is 10.5. The molecule has 0 fully saturated rings. The van der Waals surface area contributed by atoms with Gasteiger partial charge in [0.05, 0.1) is 0 Å². The van der Waals surface area contributed by atoms with Gasteiger partial charge in [-0.05, 0) is 31.1 Å². The maximum Gasteiger partial charge on any atom is 0.224 e. The average molecular weight is 407 g/mol. The Balaban J connectivity index is 0.000000450. The van der Waals surface area contributed by atoms with Gasteiger partial charge in [-0.25, -0.2) is 4.39 Å². The second-order valence-electron chi connectivity index (χ2n) is 5.01.